The molecule has 2 rings (SSSR count). The van der Waals surface area contributed by atoms with E-state index >= 15 is 0 Å². The Kier molecular flexibility index (Phi) is 5.28. The lowest BCUT2D eigenvalue weighted by Crippen LogP contribution is -2.13. The molecule has 2 aromatic rings. The van der Waals surface area contributed by atoms with Crippen LogP contribution in [-0.4, -0.2) is 17.0 Å². The van der Waals surface area contributed by atoms with Crippen LogP contribution in [0.3, 0.4) is 0 Å². The number of benzene rings is 1. The molecule has 0 aliphatic carbocycles. The third-order valence-electron chi connectivity index (χ3n) is 3.28. The van der Waals surface area contributed by atoms with Crippen LogP contribution in [0.1, 0.15) is 49.9 Å². The quantitative estimate of drug-likeness (QED) is 0.883. The predicted octanol–water partition coefficient (Wildman–Crippen LogP) is 3.46. The van der Waals surface area contributed by atoms with E-state index in [9.17, 15) is 0 Å². The second-order valence-electron chi connectivity index (χ2n) is 5.39. The first-order valence-electron chi connectivity index (χ1n) is 7.33. The number of ether oxygens (including phenoxy) is 1. The molecule has 4 nitrogen and oxygen atoms in total. The number of hydrogen-bond acceptors (Lipinski definition) is 4. The summed E-state index contributed by atoms with van der Waals surface area (Å²) in [4.78, 5) is 9.01. The van der Waals surface area contributed by atoms with Crippen LogP contribution in [0.5, 0.6) is 5.75 Å². The fourth-order valence-electron chi connectivity index (χ4n) is 2.07. The van der Waals surface area contributed by atoms with Gasteiger partial charge >= 0.3 is 0 Å². The van der Waals surface area contributed by atoms with Crippen molar-refractivity contribution in [1.29, 1.82) is 0 Å². The summed E-state index contributed by atoms with van der Waals surface area (Å²) in [5.41, 5.74) is 2.04. The van der Waals surface area contributed by atoms with Crippen molar-refractivity contribution < 1.29 is 4.74 Å². The van der Waals surface area contributed by atoms with E-state index in [1.807, 2.05) is 32.2 Å². The van der Waals surface area contributed by atoms with Crippen molar-refractivity contribution >= 4 is 0 Å². The minimum atomic E-state index is -0.0321. The summed E-state index contributed by atoms with van der Waals surface area (Å²) in [5, 5.41) is 3.13. The molecule has 4 heteroatoms. The Labute approximate surface area is 126 Å². The van der Waals surface area contributed by atoms with Gasteiger partial charge in [-0.15, -0.1) is 0 Å². The van der Waals surface area contributed by atoms with Crippen LogP contribution in [0.25, 0.3) is 0 Å². The normalized spacial score (nSPS) is 12.4. The van der Waals surface area contributed by atoms with Crippen LogP contribution >= 0.6 is 0 Å². The molecule has 21 heavy (non-hydrogen) atoms. The van der Waals surface area contributed by atoms with Gasteiger partial charge in [0.25, 0.3) is 0 Å². The van der Waals surface area contributed by atoms with E-state index in [4.69, 9.17) is 4.74 Å². The predicted molar refractivity (Wildman–Crippen MR) is 84.4 cm³/mol. The maximum atomic E-state index is 6.05. The zero-order valence-electron chi connectivity index (χ0n) is 13.1. The zero-order chi connectivity index (χ0) is 15.2. The monoisotopic (exact) mass is 285 g/mol. The standard InChI is InChI=1S/C17H23N3O/c1-12(2)17-19-11-16(15(20-17)10-18-4)21-13(3)14-8-6-5-7-9-14/h5-9,11-13,18H,10H2,1-4H3. The molecule has 112 valence electrons. The Morgan fingerprint density at radius 1 is 1.14 bits per heavy atom. The molecule has 1 N–H and O–H groups in total. The number of hydrogen-bond donors (Lipinski definition) is 1. The molecule has 1 aromatic carbocycles. The molecule has 0 bridgehead atoms. The first-order chi connectivity index (χ1) is 10.1. The van der Waals surface area contributed by atoms with E-state index in [2.05, 4.69) is 41.3 Å². The molecule has 0 aliphatic heterocycles. The molecule has 1 unspecified atom stereocenters. The van der Waals surface area contributed by atoms with E-state index in [-0.39, 0.29) is 6.10 Å². The molecule has 0 saturated heterocycles. The summed E-state index contributed by atoms with van der Waals surface area (Å²) >= 11 is 0. The largest absolute Gasteiger partial charge is 0.482 e. The molecule has 1 atom stereocenters. The van der Waals surface area contributed by atoms with Crippen molar-refractivity contribution in [3.63, 3.8) is 0 Å². The van der Waals surface area contributed by atoms with E-state index in [1.165, 1.54) is 0 Å². The van der Waals surface area contributed by atoms with E-state index < -0.39 is 0 Å². The van der Waals surface area contributed by atoms with Crippen molar-refractivity contribution in [1.82, 2.24) is 15.3 Å². The van der Waals surface area contributed by atoms with E-state index in [0.717, 1.165) is 22.8 Å². The minimum Gasteiger partial charge on any atom is -0.482 e. The molecule has 0 aliphatic rings. The lowest BCUT2D eigenvalue weighted by molar-refractivity contribution is 0.221. The van der Waals surface area contributed by atoms with Gasteiger partial charge in [0.2, 0.25) is 0 Å². The van der Waals surface area contributed by atoms with Crippen LogP contribution in [0, 0.1) is 0 Å². The van der Waals surface area contributed by atoms with E-state index in [0.29, 0.717) is 12.5 Å². The lowest BCUT2D eigenvalue weighted by atomic mass is 10.1. The molecule has 1 aromatic heterocycles. The first-order valence-corrected chi connectivity index (χ1v) is 7.33. The average Bonchev–Trinajstić information content (AvgIpc) is 2.50. The van der Waals surface area contributed by atoms with Crippen molar-refractivity contribution in [2.75, 3.05) is 7.05 Å². The highest BCUT2D eigenvalue weighted by atomic mass is 16.5. The molecule has 1 heterocycles. The summed E-state index contributed by atoms with van der Waals surface area (Å²) in [6, 6.07) is 10.2. The third kappa shape index (κ3) is 4.02. The zero-order valence-corrected chi connectivity index (χ0v) is 13.1. The Balaban J connectivity index is 2.22. The molecule has 0 amide bonds. The molecular weight excluding hydrogens is 262 g/mol. The van der Waals surface area contributed by atoms with Gasteiger partial charge in [-0.1, -0.05) is 44.2 Å². The second kappa shape index (κ2) is 7.18. The summed E-state index contributed by atoms with van der Waals surface area (Å²) in [5.74, 6) is 1.89. The molecule has 0 saturated carbocycles. The average molecular weight is 285 g/mol. The van der Waals surface area contributed by atoms with Gasteiger partial charge in [0.05, 0.1) is 11.9 Å². The number of nitrogens with zero attached hydrogens (tertiary/aromatic N) is 2. The highest BCUT2D eigenvalue weighted by Gasteiger charge is 2.14. The van der Waals surface area contributed by atoms with Crippen LogP contribution < -0.4 is 10.1 Å². The molecule has 0 fully saturated rings. The Hall–Kier alpha value is -1.94. The Morgan fingerprint density at radius 3 is 2.48 bits per heavy atom. The van der Waals surface area contributed by atoms with Crippen LogP contribution in [0.4, 0.5) is 0 Å². The Bertz CT molecular complexity index is 570. The van der Waals surface area contributed by atoms with Crippen molar-refractivity contribution in [2.45, 2.75) is 39.3 Å². The SMILES string of the molecule is CNCc1nc(C(C)C)ncc1OC(C)c1ccccc1. The van der Waals surface area contributed by atoms with Crippen molar-refractivity contribution in [3.05, 3.63) is 53.6 Å². The molecule has 0 radical (unpaired) electrons. The fourth-order valence-corrected chi connectivity index (χ4v) is 2.07. The van der Waals surface area contributed by atoms with Gasteiger partial charge in [0, 0.05) is 12.5 Å². The number of rotatable bonds is 6. The van der Waals surface area contributed by atoms with Gasteiger partial charge < -0.3 is 10.1 Å². The molecular formula is C17H23N3O. The summed E-state index contributed by atoms with van der Waals surface area (Å²) in [6.07, 6.45) is 1.75. The van der Waals surface area contributed by atoms with Crippen LogP contribution in [0.2, 0.25) is 0 Å². The van der Waals surface area contributed by atoms with Crippen LogP contribution in [0.15, 0.2) is 36.5 Å². The smallest absolute Gasteiger partial charge is 0.161 e. The van der Waals surface area contributed by atoms with E-state index in [1.54, 1.807) is 6.20 Å². The van der Waals surface area contributed by atoms with Gasteiger partial charge in [-0.05, 0) is 19.5 Å². The van der Waals surface area contributed by atoms with Gasteiger partial charge in [0.1, 0.15) is 11.9 Å². The second-order valence-corrected chi connectivity index (χ2v) is 5.39. The van der Waals surface area contributed by atoms with Crippen molar-refractivity contribution in [2.24, 2.45) is 0 Å². The van der Waals surface area contributed by atoms with Gasteiger partial charge in [-0.25, -0.2) is 9.97 Å². The summed E-state index contributed by atoms with van der Waals surface area (Å²) in [7, 11) is 1.90. The fraction of sp³-hybridized carbons (Fsp3) is 0.412. The molecule has 0 spiro atoms. The maximum absolute atomic E-state index is 6.05. The Morgan fingerprint density at radius 2 is 1.86 bits per heavy atom. The minimum absolute atomic E-state index is 0.0321. The third-order valence-corrected chi connectivity index (χ3v) is 3.28. The highest BCUT2D eigenvalue weighted by molar-refractivity contribution is 5.27. The van der Waals surface area contributed by atoms with Crippen LogP contribution in [-0.2, 0) is 6.54 Å². The highest BCUT2D eigenvalue weighted by Crippen LogP contribution is 2.24. The summed E-state index contributed by atoms with van der Waals surface area (Å²) in [6.45, 7) is 6.88. The number of nitrogens with one attached hydrogen (secondary N) is 1. The lowest BCUT2D eigenvalue weighted by Gasteiger charge is -2.18. The number of aromatic nitrogens is 2. The van der Waals surface area contributed by atoms with Gasteiger partial charge in [-0.2, -0.15) is 0 Å². The van der Waals surface area contributed by atoms with Gasteiger partial charge in [-0.3, -0.25) is 0 Å². The van der Waals surface area contributed by atoms with Crippen molar-refractivity contribution in [3.8, 4) is 5.75 Å². The first kappa shape index (κ1) is 15.4. The maximum Gasteiger partial charge on any atom is 0.161 e. The summed E-state index contributed by atoms with van der Waals surface area (Å²) < 4.78 is 6.05. The van der Waals surface area contributed by atoms with Gasteiger partial charge in [0.15, 0.2) is 5.75 Å². The topological polar surface area (TPSA) is 47.0 Å².